The van der Waals surface area contributed by atoms with Crippen molar-refractivity contribution in [1.29, 1.82) is 0 Å². The fourth-order valence-electron chi connectivity index (χ4n) is 7.65. The first kappa shape index (κ1) is 30.5. The summed E-state index contributed by atoms with van der Waals surface area (Å²) in [5.74, 6) is 7.90. The first-order chi connectivity index (χ1) is 22.0. The number of terminal acetylenes is 2. The van der Waals surface area contributed by atoms with Crippen LogP contribution in [0.2, 0.25) is 0 Å². The highest BCUT2D eigenvalue weighted by Crippen LogP contribution is 2.44. The van der Waals surface area contributed by atoms with E-state index in [4.69, 9.17) is 19.4 Å². The van der Waals surface area contributed by atoms with Gasteiger partial charge in [-0.1, -0.05) is 128 Å². The molecule has 0 aromatic heterocycles. The van der Waals surface area contributed by atoms with Gasteiger partial charge in [0, 0.05) is 23.5 Å². The molecular formula is C45H44. The molecule has 0 N–H and O–H groups in total. The number of rotatable bonds is 10. The molecule has 0 heteroatoms. The Balaban J connectivity index is 1.15. The van der Waals surface area contributed by atoms with E-state index in [9.17, 15) is 0 Å². The normalized spacial score (nSPS) is 21.3. The molecule has 6 rings (SSSR count). The minimum absolute atomic E-state index is 0.393. The molecule has 1 fully saturated rings. The molecule has 3 aliphatic carbocycles. The number of allylic oxidation sites excluding steroid dienone is 9. The minimum atomic E-state index is 0.393. The Hall–Kier alpha value is -4.52. The summed E-state index contributed by atoms with van der Waals surface area (Å²) in [4.78, 5) is 0. The zero-order chi connectivity index (χ0) is 31.2. The molecule has 1 saturated carbocycles. The van der Waals surface area contributed by atoms with Gasteiger partial charge in [-0.2, -0.15) is 0 Å². The lowest BCUT2D eigenvalue weighted by molar-refractivity contribution is 0.252. The van der Waals surface area contributed by atoms with E-state index >= 15 is 0 Å². The second kappa shape index (κ2) is 14.1. The van der Waals surface area contributed by atoms with Crippen LogP contribution < -0.4 is 0 Å². The molecule has 3 aromatic rings. The van der Waals surface area contributed by atoms with E-state index in [-0.39, 0.29) is 0 Å². The van der Waals surface area contributed by atoms with Gasteiger partial charge in [-0.05, 0) is 108 Å². The lowest BCUT2D eigenvalue weighted by Crippen LogP contribution is -2.23. The molecule has 2 unspecified atom stereocenters. The molecule has 3 aliphatic rings. The van der Waals surface area contributed by atoms with E-state index in [0.29, 0.717) is 23.7 Å². The maximum Gasteiger partial charge on any atom is 0.0318 e. The van der Waals surface area contributed by atoms with Crippen LogP contribution in [0.25, 0.3) is 11.1 Å². The van der Waals surface area contributed by atoms with Gasteiger partial charge in [0.05, 0.1) is 0 Å². The largest absolute Gasteiger partial charge is 0.115 e. The van der Waals surface area contributed by atoms with Gasteiger partial charge in [-0.3, -0.25) is 0 Å². The molecule has 0 heterocycles. The summed E-state index contributed by atoms with van der Waals surface area (Å²) in [6.45, 7) is 6.98. The molecule has 2 atom stereocenters. The van der Waals surface area contributed by atoms with E-state index in [2.05, 4.69) is 116 Å². The SMILES string of the molecule is C#CC1=CC=C(c2cc(CC3CCC(C(C(=C)CCc4ccccc4)c4ccc(C5=CC(C)C=C5)cc4)CC3)ccc2C#C)C1. The topological polar surface area (TPSA) is 0 Å². The summed E-state index contributed by atoms with van der Waals surface area (Å²) < 4.78 is 0. The Morgan fingerprint density at radius 3 is 2.33 bits per heavy atom. The predicted octanol–water partition coefficient (Wildman–Crippen LogP) is 10.9. The lowest BCUT2D eigenvalue weighted by Gasteiger charge is -2.36. The van der Waals surface area contributed by atoms with Crippen molar-refractivity contribution in [2.24, 2.45) is 17.8 Å². The number of hydrogen-bond donors (Lipinski definition) is 0. The van der Waals surface area contributed by atoms with Gasteiger partial charge in [0.1, 0.15) is 0 Å². The smallest absolute Gasteiger partial charge is 0.0318 e. The maximum atomic E-state index is 5.89. The van der Waals surface area contributed by atoms with E-state index in [1.165, 1.54) is 70.2 Å². The Kier molecular flexibility index (Phi) is 9.53. The molecule has 0 nitrogen and oxygen atoms in total. The van der Waals surface area contributed by atoms with Crippen LogP contribution >= 0.6 is 0 Å². The van der Waals surface area contributed by atoms with Crippen LogP contribution in [0, 0.1) is 42.4 Å². The second-order valence-corrected chi connectivity index (χ2v) is 13.3. The summed E-state index contributed by atoms with van der Waals surface area (Å²) in [7, 11) is 0. The Bertz CT molecular complexity index is 1730. The van der Waals surface area contributed by atoms with Crippen LogP contribution in [-0.4, -0.2) is 0 Å². The van der Waals surface area contributed by atoms with Crippen LogP contribution in [-0.2, 0) is 12.8 Å². The third kappa shape index (κ3) is 7.25. The monoisotopic (exact) mass is 584 g/mol. The molecule has 0 radical (unpaired) electrons. The summed E-state index contributed by atoms with van der Waals surface area (Å²) in [6.07, 6.45) is 31.6. The van der Waals surface area contributed by atoms with Crippen LogP contribution in [0.3, 0.4) is 0 Å². The van der Waals surface area contributed by atoms with Crippen LogP contribution in [0.5, 0.6) is 0 Å². The van der Waals surface area contributed by atoms with Crippen LogP contribution in [0.4, 0.5) is 0 Å². The highest BCUT2D eigenvalue weighted by molar-refractivity contribution is 5.78. The minimum Gasteiger partial charge on any atom is -0.115 e. The van der Waals surface area contributed by atoms with Crippen molar-refractivity contribution in [3.8, 4) is 24.7 Å². The standard InChI is InChI=1S/C45H44/c1-5-34-15-23-43(30-34)44-31-37(18-20-38(44)6-2)29-36-16-21-40(22-17-36)45(33(4)13-14-35-10-8-7-9-11-35)41-26-24-39(25-27-41)42-19-12-32(3)28-42/h1-2,7-12,15,18-20,23-28,31-32,36,40,45H,4,13-14,16-17,21-22,29-30H2,3H3. The first-order valence-corrected chi connectivity index (χ1v) is 16.7. The maximum absolute atomic E-state index is 5.89. The van der Waals surface area contributed by atoms with E-state index in [1.54, 1.807) is 0 Å². The number of hydrogen-bond acceptors (Lipinski definition) is 0. The van der Waals surface area contributed by atoms with Gasteiger partial charge in [0.2, 0.25) is 0 Å². The van der Waals surface area contributed by atoms with Gasteiger partial charge in [-0.15, -0.1) is 12.8 Å². The predicted molar refractivity (Wildman–Crippen MR) is 192 cm³/mol. The summed E-state index contributed by atoms with van der Waals surface area (Å²) in [6, 6.07) is 26.9. The van der Waals surface area contributed by atoms with Crippen molar-refractivity contribution in [1.82, 2.24) is 0 Å². The van der Waals surface area contributed by atoms with Crippen molar-refractivity contribution >= 4 is 11.1 Å². The molecular weight excluding hydrogens is 540 g/mol. The van der Waals surface area contributed by atoms with Crippen molar-refractivity contribution in [2.45, 2.75) is 64.2 Å². The average Bonchev–Trinajstić information content (AvgIpc) is 3.75. The highest BCUT2D eigenvalue weighted by atomic mass is 14.3. The van der Waals surface area contributed by atoms with Crippen LogP contribution in [0.15, 0.2) is 121 Å². The molecule has 3 aromatic carbocycles. The second-order valence-electron chi connectivity index (χ2n) is 13.3. The van der Waals surface area contributed by atoms with Gasteiger partial charge in [-0.25, -0.2) is 0 Å². The Morgan fingerprint density at radius 1 is 0.889 bits per heavy atom. The Morgan fingerprint density at radius 2 is 1.67 bits per heavy atom. The zero-order valence-corrected chi connectivity index (χ0v) is 26.6. The molecule has 0 amide bonds. The zero-order valence-electron chi connectivity index (χ0n) is 26.6. The Labute approximate surface area is 271 Å². The van der Waals surface area contributed by atoms with Crippen molar-refractivity contribution in [3.05, 3.63) is 154 Å². The highest BCUT2D eigenvalue weighted by Gasteiger charge is 2.30. The molecule has 0 saturated heterocycles. The van der Waals surface area contributed by atoms with Gasteiger partial charge < -0.3 is 0 Å². The third-order valence-electron chi connectivity index (χ3n) is 10.2. The number of benzene rings is 3. The molecule has 224 valence electrons. The van der Waals surface area contributed by atoms with E-state index in [1.807, 2.05) is 6.08 Å². The quantitative estimate of drug-likeness (QED) is 0.164. The molecule has 0 bridgehead atoms. The van der Waals surface area contributed by atoms with Crippen molar-refractivity contribution in [2.75, 3.05) is 0 Å². The average molecular weight is 585 g/mol. The molecule has 0 aliphatic heterocycles. The number of aryl methyl sites for hydroxylation is 1. The van der Waals surface area contributed by atoms with Gasteiger partial charge >= 0.3 is 0 Å². The van der Waals surface area contributed by atoms with Crippen molar-refractivity contribution < 1.29 is 0 Å². The third-order valence-corrected chi connectivity index (χ3v) is 10.2. The molecule has 45 heavy (non-hydrogen) atoms. The van der Waals surface area contributed by atoms with Crippen molar-refractivity contribution in [3.63, 3.8) is 0 Å². The van der Waals surface area contributed by atoms with Gasteiger partial charge in [0.25, 0.3) is 0 Å². The summed E-state index contributed by atoms with van der Waals surface area (Å²) >= 11 is 0. The summed E-state index contributed by atoms with van der Waals surface area (Å²) in [5.41, 5.74) is 12.6. The fourth-order valence-corrected chi connectivity index (χ4v) is 7.65. The van der Waals surface area contributed by atoms with Crippen LogP contribution in [0.1, 0.15) is 84.7 Å². The summed E-state index contributed by atoms with van der Waals surface area (Å²) in [5, 5.41) is 0. The first-order valence-electron chi connectivity index (χ1n) is 16.7. The molecule has 0 spiro atoms. The van der Waals surface area contributed by atoms with Gasteiger partial charge in [0.15, 0.2) is 0 Å². The van der Waals surface area contributed by atoms with E-state index in [0.717, 1.165) is 36.8 Å². The van der Waals surface area contributed by atoms with E-state index < -0.39 is 0 Å². The lowest BCUT2D eigenvalue weighted by atomic mass is 9.69. The fraction of sp³-hybridized carbons (Fsp3) is 0.289.